The largest absolute Gasteiger partial charge is 0.460 e. The topological polar surface area (TPSA) is 18.5 Å². The Morgan fingerprint density at radius 1 is 0.857 bits per heavy atom. The molecule has 0 aliphatic rings. The highest BCUT2D eigenvalue weighted by molar-refractivity contribution is 4.97. The van der Waals surface area contributed by atoms with Crippen molar-refractivity contribution in [1.29, 1.82) is 0 Å². The van der Waals surface area contributed by atoms with E-state index in [-0.39, 0.29) is 19.3 Å². The molecule has 0 saturated heterocycles. The van der Waals surface area contributed by atoms with Gasteiger partial charge in [0.25, 0.3) is 6.43 Å². The highest BCUT2D eigenvalue weighted by Gasteiger charge is 2.83. The lowest BCUT2D eigenvalue weighted by molar-refractivity contribution is -0.467. The summed E-state index contributed by atoms with van der Waals surface area (Å²) < 4.78 is 159. The summed E-state index contributed by atoms with van der Waals surface area (Å²) in [6.45, 7) is 4.20. The van der Waals surface area contributed by atoms with Crippen LogP contribution in [0, 0.1) is 0 Å². The van der Waals surface area contributed by atoms with E-state index in [9.17, 15) is 52.7 Å². The number of rotatable bonds is 12. The minimum Gasteiger partial charge on any atom is -0.340 e. The first-order valence-corrected chi connectivity index (χ1v) is 7.49. The predicted octanol–water partition coefficient (Wildman–Crippen LogP) is 6.12. The summed E-state index contributed by atoms with van der Waals surface area (Å²) in [7, 11) is 0. The first-order chi connectivity index (χ1) is 12.4. The summed E-state index contributed by atoms with van der Waals surface area (Å²) in [4.78, 5) is 0. The molecule has 0 aromatic rings. The van der Waals surface area contributed by atoms with Crippen molar-refractivity contribution in [3.8, 4) is 0 Å². The second-order valence-electron chi connectivity index (χ2n) is 5.61. The Morgan fingerprint density at radius 3 is 1.71 bits per heavy atom. The van der Waals surface area contributed by atoms with Crippen molar-refractivity contribution >= 4 is 0 Å². The lowest BCUT2D eigenvalue weighted by atomic mass is 10.1. The van der Waals surface area contributed by atoms with Crippen LogP contribution in [-0.4, -0.2) is 49.1 Å². The molecular formula is C14H16F12O2. The van der Waals surface area contributed by atoms with Crippen LogP contribution in [0.5, 0.6) is 0 Å². The van der Waals surface area contributed by atoms with Gasteiger partial charge in [-0.25, -0.2) is 13.2 Å². The van der Waals surface area contributed by atoms with Crippen LogP contribution in [0.1, 0.15) is 26.2 Å². The first kappa shape index (κ1) is 26.8. The van der Waals surface area contributed by atoms with Gasteiger partial charge in [-0.1, -0.05) is 6.08 Å². The maximum atomic E-state index is 13.3. The van der Waals surface area contributed by atoms with Crippen molar-refractivity contribution < 1.29 is 62.2 Å². The van der Waals surface area contributed by atoms with E-state index in [0.29, 0.717) is 0 Å². The Bertz CT molecular complexity index is 489. The van der Waals surface area contributed by atoms with E-state index < -0.39 is 49.1 Å². The molecule has 14 heteroatoms. The monoisotopic (exact) mass is 444 g/mol. The Hall–Kier alpha value is -1.18. The summed E-state index contributed by atoms with van der Waals surface area (Å²) in [5.41, 5.74) is 0. The third-order valence-corrected chi connectivity index (χ3v) is 3.25. The smallest absolute Gasteiger partial charge is 0.340 e. The maximum absolute atomic E-state index is 13.3. The molecule has 0 bridgehead atoms. The van der Waals surface area contributed by atoms with Gasteiger partial charge in [0.05, 0.1) is 12.3 Å². The number of hydrogen-bond acceptors (Lipinski definition) is 2. The second kappa shape index (κ2) is 9.55. The lowest BCUT2D eigenvalue weighted by Gasteiger charge is -2.35. The van der Waals surface area contributed by atoms with Gasteiger partial charge in [0.2, 0.25) is 6.29 Å². The molecule has 28 heavy (non-hydrogen) atoms. The van der Waals surface area contributed by atoms with E-state index in [4.69, 9.17) is 0 Å². The van der Waals surface area contributed by atoms with Crippen LogP contribution >= 0.6 is 0 Å². The van der Waals surface area contributed by atoms with E-state index in [1.54, 1.807) is 0 Å². The van der Waals surface area contributed by atoms with Crippen molar-refractivity contribution in [2.75, 3.05) is 0 Å². The van der Waals surface area contributed by atoms with Gasteiger partial charge in [-0.3, -0.25) is 4.74 Å². The average molecular weight is 444 g/mol. The molecule has 0 aromatic carbocycles. The van der Waals surface area contributed by atoms with E-state index >= 15 is 0 Å². The standard InChI is InChI=1S/C14H16F12O2/c1-3-8(6-4-5-7(2)15)27-10(9(16)17)28-14(25,26)12(20,21)11(18,19)13(22,23)24/h3,7-10H,1,4-6H2,2H3/t7-,8?,10?/m1/s1. The molecule has 168 valence electrons. The summed E-state index contributed by atoms with van der Waals surface area (Å²) in [5, 5.41) is 0. The number of alkyl halides is 12. The molecule has 0 aliphatic heterocycles. The van der Waals surface area contributed by atoms with Crippen LogP contribution < -0.4 is 0 Å². The number of halogens is 12. The number of hydrogen-bond donors (Lipinski definition) is 0. The normalized spacial score (nSPS) is 17.5. The van der Waals surface area contributed by atoms with Gasteiger partial charge in [-0.2, -0.15) is 39.5 Å². The van der Waals surface area contributed by atoms with Gasteiger partial charge >= 0.3 is 24.1 Å². The molecule has 0 heterocycles. The minimum absolute atomic E-state index is 0.0665. The Kier molecular flexibility index (Phi) is 9.14. The molecule has 0 radical (unpaired) electrons. The average Bonchev–Trinajstić information content (AvgIpc) is 2.50. The first-order valence-electron chi connectivity index (χ1n) is 7.49. The van der Waals surface area contributed by atoms with Crippen LogP contribution in [0.15, 0.2) is 12.7 Å². The molecule has 0 N–H and O–H groups in total. The fourth-order valence-corrected chi connectivity index (χ4v) is 1.73. The fourth-order valence-electron chi connectivity index (χ4n) is 1.73. The lowest BCUT2D eigenvalue weighted by Crippen LogP contribution is -2.62. The molecule has 2 nitrogen and oxygen atoms in total. The van der Waals surface area contributed by atoms with Crippen molar-refractivity contribution in [2.45, 2.75) is 75.3 Å². The van der Waals surface area contributed by atoms with Crippen LogP contribution in [0.3, 0.4) is 0 Å². The molecular weight excluding hydrogens is 428 g/mol. The Balaban J connectivity index is 5.42. The molecule has 0 aliphatic carbocycles. The molecule has 0 fully saturated rings. The van der Waals surface area contributed by atoms with Crippen LogP contribution in [0.25, 0.3) is 0 Å². The van der Waals surface area contributed by atoms with Gasteiger partial charge in [-0.05, 0) is 26.2 Å². The summed E-state index contributed by atoms with van der Waals surface area (Å²) in [6, 6.07) is 0. The predicted molar refractivity (Wildman–Crippen MR) is 71.3 cm³/mol. The highest BCUT2D eigenvalue weighted by atomic mass is 19.4. The molecule has 0 rings (SSSR count). The van der Waals surface area contributed by atoms with Gasteiger partial charge < -0.3 is 4.74 Å². The van der Waals surface area contributed by atoms with E-state index in [2.05, 4.69) is 16.1 Å². The van der Waals surface area contributed by atoms with Crippen LogP contribution in [-0.2, 0) is 9.47 Å². The maximum Gasteiger partial charge on any atom is 0.460 e. The molecule has 2 unspecified atom stereocenters. The van der Waals surface area contributed by atoms with Gasteiger partial charge in [0, 0.05) is 0 Å². The molecule has 0 saturated carbocycles. The number of ether oxygens (including phenoxy) is 2. The SMILES string of the molecule is C=CC(CCC[C@@H](C)F)OC(OC(F)(F)C(F)(F)C(F)(F)C(F)(F)F)C(F)F. The van der Waals surface area contributed by atoms with Crippen molar-refractivity contribution in [2.24, 2.45) is 0 Å². The van der Waals surface area contributed by atoms with E-state index in [1.165, 1.54) is 0 Å². The summed E-state index contributed by atoms with van der Waals surface area (Å²) in [6.07, 6.45) is -24.3. The van der Waals surface area contributed by atoms with Crippen LogP contribution in [0.2, 0.25) is 0 Å². The molecule has 3 atom stereocenters. The van der Waals surface area contributed by atoms with Crippen LogP contribution in [0.4, 0.5) is 52.7 Å². The van der Waals surface area contributed by atoms with Gasteiger partial charge in [-0.15, -0.1) is 6.58 Å². The zero-order valence-corrected chi connectivity index (χ0v) is 14.1. The summed E-state index contributed by atoms with van der Waals surface area (Å²) in [5.74, 6) is -14.5. The van der Waals surface area contributed by atoms with Crippen molar-refractivity contribution in [1.82, 2.24) is 0 Å². The molecule has 0 spiro atoms. The van der Waals surface area contributed by atoms with Gasteiger partial charge in [0.15, 0.2) is 0 Å². The third-order valence-electron chi connectivity index (χ3n) is 3.25. The zero-order chi connectivity index (χ0) is 22.6. The van der Waals surface area contributed by atoms with E-state index in [1.807, 2.05) is 0 Å². The molecule has 0 aromatic heterocycles. The Labute approximate surface area is 151 Å². The second-order valence-corrected chi connectivity index (χ2v) is 5.61. The molecule has 0 amide bonds. The van der Waals surface area contributed by atoms with Crippen molar-refractivity contribution in [3.63, 3.8) is 0 Å². The highest BCUT2D eigenvalue weighted by Crippen LogP contribution is 2.53. The fraction of sp³-hybridized carbons (Fsp3) is 0.857. The van der Waals surface area contributed by atoms with Gasteiger partial charge in [0.1, 0.15) is 0 Å². The third kappa shape index (κ3) is 6.42. The van der Waals surface area contributed by atoms with E-state index in [0.717, 1.165) is 13.0 Å². The Morgan fingerprint density at radius 2 is 1.36 bits per heavy atom. The zero-order valence-electron chi connectivity index (χ0n) is 14.1. The van der Waals surface area contributed by atoms with Crippen molar-refractivity contribution in [3.05, 3.63) is 12.7 Å². The quantitative estimate of drug-likeness (QED) is 0.205. The minimum atomic E-state index is -7.30. The summed E-state index contributed by atoms with van der Waals surface area (Å²) >= 11 is 0.